The highest BCUT2D eigenvalue weighted by Gasteiger charge is 2.21. The van der Waals surface area contributed by atoms with Crippen molar-refractivity contribution in [1.82, 2.24) is 4.57 Å². The number of aromatic nitrogens is 1. The number of furan rings is 1. The van der Waals surface area contributed by atoms with Crippen molar-refractivity contribution in [3.8, 4) is 16.8 Å². The maximum atomic E-state index is 6.60. The van der Waals surface area contributed by atoms with Gasteiger partial charge in [-0.2, -0.15) is 0 Å². The van der Waals surface area contributed by atoms with E-state index in [4.69, 9.17) is 4.42 Å². The lowest BCUT2D eigenvalue weighted by Crippen LogP contribution is -1.96. The Bertz CT molecular complexity index is 3440. The Morgan fingerprint density at radius 2 is 0.885 bits per heavy atom. The van der Waals surface area contributed by atoms with Crippen molar-refractivity contribution in [2.45, 2.75) is 0 Å². The fraction of sp³-hybridized carbons (Fsp3) is 0. The summed E-state index contributed by atoms with van der Waals surface area (Å²) in [6.45, 7) is 0. The number of hydrogen-bond acceptors (Lipinski definition) is 1. The first-order chi connectivity index (χ1) is 25.8. The van der Waals surface area contributed by atoms with Crippen LogP contribution in [0, 0.1) is 0 Å². The minimum Gasteiger partial charge on any atom is -0.455 e. The summed E-state index contributed by atoms with van der Waals surface area (Å²) in [5.74, 6) is 0. The molecule has 2 heterocycles. The first kappa shape index (κ1) is 27.9. The molecule has 240 valence electrons. The van der Waals surface area contributed by atoms with Gasteiger partial charge in [-0.3, -0.25) is 0 Å². The predicted molar refractivity (Wildman–Crippen MR) is 221 cm³/mol. The fourth-order valence-electron chi connectivity index (χ4n) is 9.12. The van der Waals surface area contributed by atoms with Gasteiger partial charge < -0.3 is 8.98 Å². The molecule has 0 bridgehead atoms. The van der Waals surface area contributed by atoms with E-state index < -0.39 is 0 Å². The number of rotatable bonds is 2. The van der Waals surface area contributed by atoms with Crippen LogP contribution < -0.4 is 0 Å². The first-order valence-electron chi connectivity index (χ1n) is 17.9. The minimum atomic E-state index is 0.916. The molecule has 12 aromatic rings. The number of benzene rings is 10. The molecule has 2 nitrogen and oxygen atoms in total. The van der Waals surface area contributed by atoms with E-state index in [1.165, 1.54) is 86.8 Å². The zero-order valence-electron chi connectivity index (χ0n) is 28.1. The van der Waals surface area contributed by atoms with Crippen molar-refractivity contribution in [1.29, 1.82) is 0 Å². The van der Waals surface area contributed by atoms with Crippen LogP contribution in [0.5, 0.6) is 0 Å². The predicted octanol–water partition coefficient (Wildman–Crippen LogP) is 14.1. The summed E-state index contributed by atoms with van der Waals surface area (Å²) in [4.78, 5) is 0. The Labute approximate surface area is 298 Å². The molecule has 0 aliphatic carbocycles. The van der Waals surface area contributed by atoms with E-state index in [1.54, 1.807) is 0 Å². The molecule has 2 heteroatoms. The van der Waals surface area contributed by atoms with Crippen molar-refractivity contribution < 1.29 is 4.42 Å². The average Bonchev–Trinajstić information content (AvgIpc) is 3.78. The van der Waals surface area contributed by atoms with Crippen LogP contribution in [0.4, 0.5) is 0 Å². The van der Waals surface area contributed by atoms with Gasteiger partial charge in [-0.25, -0.2) is 0 Å². The minimum absolute atomic E-state index is 0.916. The van der Waals surface area contributed by atoms with Crippen LogP contribution in [0.2, 0.25) is 0 Å². The summed E-state index contributed by atoms with van der Waals surface area (Å²) in [6.07, 6.45) is 0. The second-order valence-corrected chi connectivity index (χ2v) is 14.0. The largest absolute Gasteiger partial charge is 0.455 e. The third-order valence-corrected chi connectivity index (χ3v) is 11.3. The standard InChI is InChI=1S/C50H29NO/c1-2-16-35-33(14-1)34-15-3-4-17-36(34)44-29-31(24-25-37(35)44)30-12-11-13-32(28-30)51-45-22-9-7-18-38(45)40-26-27-43-47(49(40)51)39-19-5-6-20-41(39)50-48(43)42-21-8-10-23-46(42)52-50/h1-29H. The highest BCUT2D eigenvalue weighted by molar-refractivity contribution is 6.36. The topological polar surface area (TPSA) is 18.1 Å². The molecular formula is C50H29NO. The summed E-state index contributed by atoms with van der Waals surface area (Å²) in [5, 5.41) is 17.3. The molecule has 0 radical (unpaired) electrons. The third-order valence-electron chi connectivity index (χ3n) is 11.3. The molecule has 0 fully saturated rings. The molecule has 0 aliphatic heterocycles. The van der Waals surface area contributed by atoms with Gasteiger partial charge in [-0.1, -0.05) is 146 Å². The quantitative estimate of drug-likeness (QED) is 0.169. The van der Waals surface area contributed by atoms with Gasteiger partial charge in [0.15, 0.2) is 0 Å². The van der Waals surface area contributed by atoms with E-state index in [9.17, 15) is 0 Å². The number of para-hydroxylation sites is 2. The molecule has 0 N–H and O–H groups in total. The Morgan fingerprint density at radius 3 is 1.65 bits per heavy atom. The monoisotopic (exact) mass is 659 g/mol. The van der Waals surface area contributed by atoms with Gasteiger partial charge >= 0.3 is 0 Å². The van der Waals surface area contributed by atoms with Crippen LogP contribution in [0.3, 0.4) is 0 Å². The average molecular weight is 660 g/mol. The van der Waals surface area contributed by atoms with Gasteiger partial charge in [0, 0.05) is 38.0 Å². The smallest absolute Gasteiger partial charge is 0.143 e. The third kappa shape index (κ3) is 3.68. The van der Waals surface area contributed by atoms with Crippen molar-refractivity contribution in [3.63, 3.8) is 0 Å². The summed E-state index contributed by atoms with van der Waals surface area (Å²) in [7, 11) is 0. The Kier molecular flexibility index (Phi) is 5.53. The molecule has 0 unspecified atom stereocenters. The van der Waals surface area contributed by atoms with Gasteiger partial charge in [0.25, 0.3) is 0 Å². The van der Waals surface area contributed by atoms with E-state index in [-0.39, 0.29) is 0 Å². The first-order valence-corrected chi connectivity index (χ1v) is 17.9. The zero-order chi connectivity index (χ0) is 33.9. The zero-order valence-corrected chi connectivity index (χ0v) is 28.1. The molecule has 0 amide bonds. The number of hydrogen-bond donors (Lipinski definition) is 0. The van der Waals surface area contributed by atoms with Gasteiger partial charge in [0.2, 0.25) is 0 Å². The van der Waals surface area contributed by atoms with Crippen LogP contribution in [-0.2, 0) is 0 Å². The van der Waals surface area contributed by atoms with Crippen molar-refractivity contribution in [2.24, 2.45) is 0 Å². The fourth-order valence-corrected chi connectivity index (χ4v) is 9.12. The second-order valence-electron chi connectivity index (χ2n) is 14.0. The van der Waals surface area contributed by atoms with Gasteiger partial charge in [0.05, 0.1) is 11.0 Å². The van der Waals surface area contributed by atoms with Gasteiger partial charge in [-0.05, 0) is 84.5 Å². The van der Waals surface area contributed by atoms with Gasteiger partial charge in [-0.15, -0.1) is 0 Å². The summed E-state index contributed by atoms with van der Waals surface area (Å²) >= 11 is 0. The molecule has 0 aliphatic rings. The van der Waals surface area contributed by atoms with Crippen molar-refractivity contribution in [2.75, 3.05) is 0 Å². The van der Waals surface area contributed by atoms with Crippen LogP contribution in [0.15, 0.2) is 180 Å². The van der Waals surface area contributed by atoms with Crippen LogP contribution >= 0.6 is 0 Å². The van der Waals surface area contributed by atoms with E-state index in [2.05, 4.69) is 180 Å². The molecule has 52 heavy (non-hydrogen) atoms. The molecule has 2 aromatic heterocycles. The van der Waals surface area contributed by atoms with E-state index in [0.717, 1.165) is 27.6 Å². The Hall–Kier alpha value is -6.90. The normalized spacial score (nSPS) is 12.2. The number of nitrogens with zero attached hydrogens (tertiary/aromatic N) is 1. The lowest BCUT2D eigenvalue weighted by atomic mass is 9.92. The van der Waals surface area contributed by atoms with E-state index >= 15 is 0 Å². The maximum Gasteiger partial charge on any atom is 0.143 e. The maximum absolute atomic E-state index is 6.60. The van der Waals surface area contributed by atoms with Crippen molar-refractivity contribution >= 4 is 97.6 Å². The van der Waals surface area contributed by atoms with Crippen LogP contribution in [-0.4, -0.2) is 4.57 Å². The Balaban J connectivity index is 1.18. The van der Waals surface area contributed by atoms with Crippen LogP contribution in [0.25, 0.3) is 114 Å². The summed E-state index contributed by atoms with van der Waals surface area (Å²) in [6, 6.07) is 64.3. The van der Waals surface area contributed by atoms with Gasteiger partial charge in [0.1, 0.15) is 11.2 Å². The second kappa shape index (κ2) is 10.3. The molecule has 10 aromatic carbocycles. The van der Waals surface area contributed by atoms with E-state index in [0.29, 0.717) is 0 Å². The molecule has 0 saturated carbocycles. The molecule has 12 rings (SSSR count). The van der Waals surface area contributed by atoms with Crippen molar-refractivity contribution in [3.05, 3.63) is 176 Å². The Morgan fingerprint density at radius 1 is 0.327 bits per heavy atom. The molecule has 0 atom stereocenters. The number of fused-ring (bicyclic) bond motifs is 18. The lowest BCUT2D eigenvalue weighted by molar-refractivity contribution is 0.673. The molecule has 0 spiro atoms. The summed E-state index contributed by atoms with van der Waals surface area (Å²) in [5.41, 5.74) is 7.81. The summed E-state index contributed by atoms with van der Waals surface area (Å²) < 4.78 is 9.09. The lowest BCUT2D eigenvalue weighted by Gasteiger charge is -2.15. The SMILES string of the molecule is c1cc(-c2ccc3c4ccccc4c4ccccc4c3c2)cc(-n2c3ccccc3c3ccc4c5c6ccccc6oc5c5ccccc5c4c32)c1. The van der Waals surface area contributed by atoms with E-state index in [1.807, 2.05) is 0 Å². The molecule has 0 saturated heterocycles. The van der Waals surface area contributed by atoms with Crippen LogP contribution in [0.1, 0.15) is 0 Å². The molecular weight excluding hydrogens is 631 g/mol. The highest BCUT2D eigenvalue weighted by Crippen LogP contribution is 2.46. The highest BCUT2D eigenvalue weighted by atomic mass is 16.3.